The summed E-state index contributed by atoms with van der Waals surface area (Å²) in [4.78, 5) is 41.6. The molecule has 0 bridgehead atoms. The van der Waals surface area contributed by atoms with Crippen LogP contribution in [0.2, 0.25) is 0 Å². The van der Waals surface area contributed by atoms with Crippen LogP contribution in [0, 0.1) is 5.92 Å². The van der Waals surface area contributed by atoms with E-state index in [1.807, 2.05) is 0 Å². The largest absolute Gasteiger partial charge is 0.345 e. The van der Waals surface area contributed by atoms with Gasteiger partial charge < -0.3 is 15.1 Å². The number of hydrogen-bond acceptors (Lipinski definition) is 6. The van der Waals surface area contributed by atoms with E-state index in [9.17, 15) is 14.4 Å². The van der Waals surface area contributed by atoms with Crippen LogP contribution in [0.3, 0.4) is 0 Å². The fourth-order valence-electron chi connectivity index (χ4n) is 4.87. The highest BCUT2D eigenvalue weighted by atomic mass is 16.2. The Bertz CT molecular complexity index is 1000. The predicted octanol–water partition coefficient (Wildman–Crippen LogP) is 0.631. The van der Waals surface area contributed by atoms with Gasteiger partial charge in [0.05, 0.1) is 11.9 Å². The number of piperidine rings is 2. The molecule has 2 aliphatic heterocycles. The Morgan fingerprint density at radius 3 is 2.84 bits per heavy atom. The molecule has 0 saturated carbocycles. The van der Waals surface area contributed by atoms with Crippen LogP contribution in [0.4, 0.5) is 0 Å². The molecule has 0 unspecified atom stereocenters. The highest BCUT2D eigenvalue weighted by Gasteiger charge is 2.34. The van der Waals surface area contributed by atoms with E-state index in [0.717, 1.165) is 11.1 Å². The van der Waals surface area contributed by atoms with Crippen LogP contribution in [-0.2, 0) is 16.1 Å². The van der Waals surface area contributed by atoms with Crippen LogP contribution in [0.5, 0.6) is 0 Å². The number of rotatable bonds is 6. The molecule has 0 radical (unpaired) electrons. The molecule has 1 aromatic heterocycles. The van der Waals surface area contributed by atoms with Gasteiger partial charge in [-0.25, -0.2) is 4.68 Å². The number of hydrogen-bond donors (Lipinski definition) is 1. The van der Waals surface area contributed by atoms with E-state index in [1.54, 1.807) is 36.2 Å². The molecule has 0 aliphatic carbocycles. The fourth-order valence-corrected chi connectivity index (χ4v) is 4.87. The number of amides is 2. The molecule has 0 spiro atoms. The molecule has 166 valence electrons. The Morgan fingerprint density at radius 2 is 1.97 bits per heavy atom. The summed E-state index contributed by atoms with van der Waals surface area (Å²) in [5.41, 5.74) is 0.110. The fraction of sp³-hybridized carbons (Fsp3) is 0.591. The van der Waals surface area contributed by atoms with Crippen LogP contribution < -0.4 is 10.9 Å². The van der Waals surface area contributed by atoms with Crippen LogP contribution in [0.1, 0.15) is 32.1 Å². The summed E-state index contributed by atoms with van der Waals surface area (Å²) in [5, 5.41) is 10.8. The third-order valence-electron chi connectivity index (χ3n) is 6.52. The Balaban J connectivity index is 1.28. The molecule has 2 atom stereocenters. The summed E-state index contributed by atoms with van der Waals surface area (Å²) in [5.74, 6) is -0.0760. The number of likely N-dealkylation sites (N-methyl/N-ethyl adjacent to an activating group) is 1. The molecular weight excluding hydrogens is 396 g/mol. The number of nitrogens with zero attached hydrogens (tertiary/aromatic N) is 5. The second kappa shape index (κ2) is 9.55. The summed E-state index contributed by atoms with van der Waals surface area (Å²) in [6.45, 7) is 2.70. The van der Waals surface area contributed by atoms with E-state index in [4.69, 9.17) is 0 Å². The molecule has 1 aromatic carbocycles. The lowest BCUT2D eigenvalue weighted by molar-refractivity contribution is -0.133. The van der Waals surface area contributed by atoms with Crippen molar-refractivity contribution in [3.8, 4) is 0 Å². The zero-order chi connectivity index (χ0) is 21.8. The van der Waals surface area contributed by atoms with E-state index >= 15 is 0 Å². The van der Waals surface area contributed by atoms with Gasteiger partial charge in [0.15, 0.2) is 0 Å². The first-order chi connectivity index (χ1) is 15.0. The van der Waals surface area contributed by atoms with Gasteiger partial charge in [-0.2, -0.15) is 0 Å². The average molecular weight is 427 g/mol. The molecule has 3 heterocycles. The summed E-state index contributed by atoms with van der Waals surface area (Å²) < 4.78 is 1.02. The van der Waals surface area contributed by atoms with Crippen LogP contribution in [0.25, 0.3) is 10.9 Å². The van der Waals surface area contributed by atoms with Gasteiger partial charge in [0.25, 0.3) is 5.56 Å². The zero-order valence-electron chi connectivity index (χ0n) is 18.0. The lowest BCUT2D eigenvalue weighted by Crippen LogP contribution is -2.51. The number of benzene rings is 1. The van der Waals surface area contributed by atoms with Crippen molar-refractivity contribution in [2.75, 3.05) is 33.2 Å². The highest BCUT2D eigenvalue weighted by molar-refractivity contribution is 5.84. The first kappa shape index (κ1) is 21.4. The summed E-state index contributed by atoms with van der Waals surface area (Å²) >= 11 is 0. The summed E-state index contributed by atoms with van der Waals surface area (Å²) in [6, 6.07) is 7.43. The monoisotopic (exact) mass is 426 g/mol. The van der Waals surface area contributed by atoms with Gasteiger partial charge in [0.1, 0.15) is 12.1 Å². The molecule has 2 aliphatic rings. The van der Waals surface area contributed by atoms with E-state index in [2.05, 4.69) is 20.5 Å². The van der Waals surface area contributed by atoms with Gasteiger partial charge in [-0.3, -0.25) is 14.4 Å². The molecule has 9 nitrogen and oxygen atoms in total. The minimum absolute atomic E-state index is 0.0911. The normalized spacial score (nSPS) is 21.5. The highest BCUT2D eigenvalue weighted by Crippen LogP contribution is 2.31. The number of carbonyl (C=O) groups excluding carboxylic acids is 2. The SMILES string of the molecule is CN(C[C@@H]1CCCN2CCCC[C@H]12)C(=O)CNC(=O)Cn1nnc2ccccc2c1=O. The van der Waals surface area contributed by atoms with Gasteiger partial charge in [-0.15, -0.1) is 5.10 Å². The number of nitrogens with one attached hydrogen (secondary N) is 1. The molecule has 4 rings (SSSR count). The third kappa shape index (κ3) is 4.92. The van der Waals surface area contributed by atoms with Crippen molar-refractivity contribution in [3.05, 3.63) is 34.6 Å². The Hall–Kier alpha value is -2.81. The maximum atomic E-state index is 12.6. The lowest BCUT2D eigenvalue weighted by Gasteiger charge is -2.45. The standard InChI is InChI=1S/C22H30N6O3/c1-26(14-16-7-6-12-27-11-5-4-10-19(16)27)21(30)13-23-20(29)15-28-22(31)17-8-2-3-9-18(17)24-25-28/h2-3,8-9,16,19H,4-7,10-15H2,1H3,(H,23,29)/t16-,19+/m0/s1. The summed E-state index contributed by atoms with van der Waals surface area (Å²) in [7, 11) is 1.80. The van der Waals surface area contributed by atoms with Gasteiger partial charge in [0.2, 0.25) is 11.8 Å². The Morgan fingerprint density at radius 1 is 1.16 bits per heavy atom. The smallest absolute Gasteiger partial charge is 0.278 e. The van der Waals surface area contributed by atoms with E-state index in [0.29, 0.717) is 29.4 Å². The van der Waals surface area contributed by atoms with Gasteiger partial charge in [-0.1, -0.05) is 23.8 Å². The van der Waals surface area contributed by atoms with Crippen molar-refractivity contribution in [3.63, 3.8) is 0 Å². The minimum atomic E-state index is -0.440. The molecule has 2 fully saturated rings. The second-order valence-electron chi connectivity index (χ2n) is 8.62. The molecular formula is C22H30N6O3. The second-order valence-corrected chi connectivity index (χ2v) is 8.62. The average Bonchev–Trinajstić information content (AvgIpc) is 2.79. The third-order valence-corrected chi connectivity index (χ3v) is 6.52. The van der Waals surface area contributed by atoms with Crippen molar-refractivity contribution < 1.29 is 9.59 Å². The minimum Gasteiger partial charge on any atom is -0.345 e. The quantitative estimate of drug-likeness (QED) is 0.727. The van der Waals surface area contributed by atoms with Crippen molar-refractivity contribution in [1.82, 2.24) is 30.1 Å². The number of carbonyl (C=O) groups is 2. The first-order valence-corrected chi connectivity index (χ1v) is 11.1. The first-order valence-electron chi connectivity index (χ1n) is 11.1. The molecule has 1 N–H and O–H groups in total. The lowest BCUT2D eigenvalue weighted by atomic mass is 9.83. The van der Waals surface area contributed by atoms with Crippen LogP contribution in [-0.4, -0.2) is 75.9 Å². The van der Waals surface area contributed by atoms with Gasteiger partial charge >= 0.3 is 0 Å². The molecule has 2 aromatic rings. The predicted molar refractivity (Wildman–Crippen MR) is 116 cm³/mol. The zero-order valence-corrected chi connectivity index (χ0v) is 18.0. The number of fused-ring (bicyclic) bond motifs is 2. The van der Waals surface area contributed by atoms with E-state index in [-0.39, 0.29) is 24.6 Å². The van der Waals surface area contributed by atoms with Gasteiger partial charge in [0, 0.05) is 19.6 Å². The maximum Gasteiger partial charge on any atom is 0.278 e. The molecule has 2 saturated heterocycles. The molecule has 9 heteroatoms. The summed E-state index contributed by atoms with van der Waals surface area (Å²) in [6.07, 6.45) is 6.08. The van der Waals surface area contributed by atoms with Crippen molar-refractivity contribution in [2.45, 2.75) is 44.7 Å². The Kier molecular flexibility index (Phi) is 6.60. The van der Waals surface area contributed by atoms with Crippen molar-refractivity contribution >= 4 is 22.7 Å². The van der Waals surface area contributed by atoms with Gasteiger partial charge in [-0.05, 0) is 56.8 Å². The number of aromatic nitrogens is 3. The maximum absolute atomic E-state index is 12.6. The van der Waals surface area contributed by atoms with Crippen molar-refractivity contribution in [1.29, 1.82) is 0 Å². The Labute approximate surface area is 181 Å². The van der Waals surface area contributed by atoms with E-state index < -0.39 is 5.91 Å². The topological polar surface area (TPSA) is 100 Å². The molecule has 31 heavy (non-hydrogen) atoms. The van der Waals surface area contributed by atoms with E-state index in [1.165, 1.54) is 38.8 Å². The van der Waals surface area contributed by atoms with Crippen LogP contribution in [0.15, 0.2) is 29.1 Å². The van der Waals surface area contributed by atoms with Crippen molar-refractivity contribution in [2.24, 2.45) is 5.92 Å². The van der Waals surface area contributed by atoms with Crippen LogP contribution >= 0.6 is 0 Å². The molecule has 2 amide bonds.